The number of carbonyl (C=O) groups is 1. The lowest BCUT2D eigenvalue weighted by Crippen LogP contribution is -2.60. The van der Waals surface area contributed by atoms with Crippen LogP contribution in [0, 0.1) is 29.6 Å². The Balaban J connectivity index is 1.53. The van der Waals surface area contributed by atoms with Gasteiger partial charge in [0.2, 0.25) is 5.91 Å². The number of hydrogen-bond acceptors (Lipinski definition) is 2. The third kappa shape index (κ3) is 2.01. The molecule has 1 heterocycles. The third-order valence-electron chi connectivity index (χ3n) is 6.56. The average Bonchev–Trinajstić information content (AvgIpc) is 2.40. The Morgan fingerprint density at radius 3 is 2.20 bits per heavy atom. The zero-order valence-corrected chi connectivity index (χ0v) is 12.8. The molecule has 4 saturated carbocycles. The predicted molar refractivity (Wildman–Crippen MR) is 79.2 cm³/mol. The van der Waals surface area contributed by atoms with Crippen LogP contribution in [0.2, 0.25) is 0 Å². The topological polar surface area (TPSA) is 32.3 Å². The van der Waals surface area contributed by atoms with E-state index < -0.39 is 0 Å². The Kier molecular flexibility index (Phi) is 3.10. The number of nitrogens with one attached hydrogen (secondary N) is 1. The fourth-order valence-electron chi connectivity index (χ4n) is 5.85. The number of rotatable bonds is 1. The Morgan fingerprint density at radius 1 is 1.00 bits per heavy atom. The lowest BCUT2D eigenvalue weighted by atomic mass is 9.51. The molecule has 3 nitrogen and oxygen atoms in total. The summed E-state index contributed by atoms with van der Waals surface area (Å²) in [6.07, 6.45) is 6.85. The first kappa shape index (κ1) is 13.1. The quantitative estimate of drug-likeness (QED) is 0.797. The van der Waals surface area contributed by atoms with Crippen molar-refractivity contribution < 1.29 is 4.79 Å². The molecule has 0 spiro atoms. The number of carbonyl (C=O) groups excluding carboxylic acids is 1. The van der Waals surface area contributed by atoms with E-state index >= 15 is 0 Å². The second kappa shape index (κ2) is 4.72. The van der Waals surface area contributed by atoms with E-state index in [1.54, 1.807) is 0 Å². The van der Waals surface area contributed by atoms with Crippen LogP contribution >= 0.6 is 0 Å². The first-order chi connectivity index (χ1) is 9.61. The van der Waals surface area contributed by atoms with Crippen LogP contribution in [-0.2, 0) is 4.79 Å². The van der Waals surface area contributed by atoms with Gasteiger partial charge in [0.05, 0.1) is 0 Å². The minimum atomic E-state index is 0.371. The Bertz CT molecular complexity index is 380. The summed E-state index contributed by atoms with van der Waals surface area (Å²) >= 11 is 0. The molecule has 0 radical (unpaired) electrons. The maximum atomic E-state index is 13.1. The van der Waals surface area contributed by atoms with Gasteiger partial charge in [0.15, 0.2) is 0 Å². The van der Waals surface area contributed by atoms with Gasteiger partial charge in [-0.3, -0.25) is 4.79 Å². The molecule has 0 aromatic rings. The van der Waals surface area contributed by atoms with Crippen molar-refractivity contribution in [1.82, 2.24) is 10.2 Å². The van der Waals surface area contributed by atoms with Crippen LogP contribution in [0.4, 0.5) is 0 Å². The van der Waals surface area contributed by atoms with E-state index in [1.165, 1.54) is 32.1 Å². The standard InChI is InChI=1S/C17H28N2O/c1-10-9-19(11(2)8-18-10)17(20)16-14-4-12-3-13(6-14)7-15(16)5-12/h10-16,18H,3-9H2,1-2H3. The second-order valence-corrected chi connectivity index (χ2v) is 8.11. The second-order valence-electron chi connectivity index (χ2n) is 8.11. The van der Waals surface area contributed by atoms with Crippen LogP contribution in [0.25, 0.3) is 0 Å². The van der Waals surface area contributed by atoms with Gasteiger partial charge in [0.25, 0.3) is 0 Å². The molecule has 20 heavy (non-hydrogen) atoms. The molecule has 4 bridgehead atoms. The van der Waals surface area contributed by atoms with Gasteiger partial charge in [-0.1, -0.05) is 0 Å². The normalized spacial score (nSPS) is 50.5. The summed E-state index contributed by atoms with van der Waals surface area (Å²) in [5.74, 6) is 4.23. The van der Waals surface area contributed by atoms with E-state index in [9.17, 15) is 4.79 Å². The SMILES string of the molecule is CC1CN(C(=O)C2C3CC4CC(C3)CC2C4)C(C)CN1. The van der Waals surface area contributed by atoms with E-state index in [1.807, 2.05) is 0 Å². The fraction of sp³-hybridized carbons (Fsp3) is 0.941. The molecule has 2 unspecified atom stereocenters. The van der Waals surface area contributed by atoms with E-state index in [0.29, 0.717) is 23.9 Å². The average molecular weight is 276 g/mol. The molecule has 5 rings (SSSR count). The molecule has 1 amide bonds. The smallest absolute Gasteiger partial charge is 0.226 e. The van der Waals surface area contributed by atoms with Gasteiger partial charge < -0.3 is 10.2 Å². The van der Waals surface area contributed by atoms with Gasteiger partial charge in [-0.15, -0.1) is 0 Å². The molecule has 1 N–H and O–H groups in total. The molecule has 1 aliphatic heterocycles. The van der Waals surface area contributed by atoms with E-state index in [0.717, 1.165) is 36.8 Å². The Morgan fingerprint density at radius 2 is 1.60 bits per heavy atom. The van der Waals surface area contributed by atoms with Crippen molar-refractivity contribution in [2.45, 2.75) is 58.0 Å². The summed E-state index contributed by atoms with van der Waals surface area (Å²) in [5, 5.41) is 3.49. The van der Waals surface area contributed by atoms with Gasteiger partial charge in [-0.2, -0.15) is 0 Å². The number of hydrogen-bond donors (Lipinski definition) is 1. The molecule has 0 aromatic carbocycles. The lowest BCUT2D eigenvalue weighted by molar-refractivity contribution is -0.152. The molecule has 0 aromatic heterocycles. The summed E-state index contributed by atoms with van der Waals surface area (Å²) in [6, 6.07) is 0.822. The molecular weight excluding hydrogens is 248 g/mol. The molecule has 2 atom stereocenters. The molecule has 5 aliphatic rings. The van der Waals surface area contributed by atoms with Crippen molar-refractivity contribution in [2.75, 3.05) is 13.1 Å². The van der Waals surface area contributed by atoms with Gasteiger partial charge in [-0.05, 0) is 69.6 Å². The Hall–Kier alpha value is -0.570. The van der Waals surface area contributed by atoms with Crippen molar-refractivity contribution in [3.63, 3.8) is 0 Å². The zero-order valence-electron chi connectivity index (χ0n) is 12.8. The lowest BCUT2D eigenvalue weighted by Gasteiger charge is -2.55. The maximum Gasteiger partial charge on any atom is 0.226 e. The Labute approximate surface area is 122 Å². The summed E-state index contributed by atoms with van der Waals surface area (Å²) in [4.78, 5) is 15.3. The van der Waals surface area contributed by atoms with Crippen LogP contribution in [0.3, 0.4) is 0 Å². The van der Waals surface area contributed by atoms with Crippen molar-refractivity contribution in [3.8, 4) is 0 Å². The number of piperazine rings is 1. The van der Waals surface area contributed by atoms with Gasteiger partial charge in [-0.25, -0.2) is 0 Å². The summed E-state index contributed by atoms with van der Waals surface area (Å²) < 4.78 is 0. The highest BCUT2D eigenvalue weighted by Crippen LogP contribution is 2.56. The highest BCUT2D eigenvalue weighted by molar-refractivity contribution is 5.80. The van der Waals surface area contributed by atoms with Crippen molar-refractivity contribution in [2.24, 2.45) is 29.6 Å². The third-order valence-corrected chi connectivity index (χ3v) is 6.56. The summed E-state index contributed by atoms with van der Waals surface area (Å²) in [7, 11) is 0. The highest BCUT2D eigenvalue weighted by Gasteiger charge is 2.52. The minimum Gasteiger partial charge on any atom is -0.337 e. The van der Waals surface area contributed by atoms with Crippen LogP contribution in [0.1, 0.15) is 46.0 Å². The summed E-state index contributed by atoms with van der Waals surface area (Å²) in [5.41, 5.74) is 0. The fourth-order valence-corrected chi connectivity index (χ4v) is 5.85. The highest BCUT2D eigenvalue weighted by atomic mass is 16.2. The molecule has 5 fully saturated rings. The van der Waals surface area contributed by atoms with Crippen molar-refractivity contribution >= 4 is 5.91 Å². The van der Waals surface area contributed by atoms with Crippen LogP contribution in [-0.4, -0.2) is 36.0 Å². The van der Waals surface area contributed by atoms with Crippen molar-refractivity contribution in [3.05, 3.63) is 0 Å². The van der Waals surface area contributed by atoms with E-state index in [4.69, 9.17) is 0 Å². The monoisotopic (exact) mass is 276 g/mol. The largest absolute Gasteiger partial charge is 0.337 e. The molecule has 1 saturated heterocycles. The minimum absolute atomic E-state index is 0.371. The number of nitrogens with zero attached hydrogens (tertiary/aromatic N) is 1. The number of amides is 1. The summed E-state index contributed by atoms with van der Waals surface area (Å²) in [6.45, 7) is 6.26. The van der Waals surface area contributed by atoms with Gasteiger partial charge in [0, 0.05) is 31.1 Å². The molecule has 3 heteroatoms. The first-order valence-corrected chi connectivity index (χ1v) is 8.65. The zero-order chi connectivity index (χ0) is 13.9. The van der Waals surface area contributed by atoms with Crippen LogP contribution in [0.5, 0.6) is 0 Å². The van der Waals surface area contributed by atoms with E-state index in [2.05, 4.69) is 24.1 Å². The maximum absolute atomic E-state index is 13.1. The predicted octanol–water partition coefficient (Wildman–Crippen LogP) is 2.27. The molecule has 112 valence electrons. The van der Waals surface area contributed by atoms with E-state index in [-0.39, 0.29) is 0 Å². The molecule has 4 aliphatic carbocycles. The molecular formula is C17H28N2O. The van der Waals surface area contributed by atoms with Crippen LogP contribution < -0.4 is 5.32 Å². The van der Waals surface area contributed by atoms with Crippen LogP contribution in [0.15, 0.2) is 0 Å². The van der Waals surface area contributed by atoms with Crippen molar-refractivity contribution in [1.29, 1.82) is 0 Å². The first-order valence-electron chi connectivity index (χ1n) is 8.65. The van der Waals surface area contributed by atoms with Gasteiger partial charge in [0.1, 0.15) is 0 Å². The van der Waals surface area contributed by atoms with Gasteiger partial charge >= 0.3 is 0 Å².